The summed E-state index contributed by atoms with van der Waals surface area (Å²) >= 11 is 1.44. The topological polar surface area (TPSA) is 258 Å². The van der Waals surface area contributed by atoms with Crippen molar-refractivity contribution in [2.75, 3.05) is 18.6 Å². The van der Waals surface area contributed by atoms with Gasteiger partial charge in [0.15, 0.2) is 5.96 Å². The Labute approximate surface area is 215 Å². The van der Waals surface area contributed by atoms with Gasteiger partial charge in [0.25, 0.3) is 0 Å². The number of carbonyl (C=O) groups is 5. The van der Waals surface area contributed by atoms with Gasteiger partial charge in [0.1, 0.15) is 18.1 Å². The third-order valence-corrected chi connectivity index (χ3v) is 5.55. The highest BCUT2D eigenvalue weighted by Crippen LogP contribution is 2.09. The molecule has 4 atom stereocenters. The number of hydrogen-bond donors (Lipinski definition) is 8. The van der Waals surface area contributed by atoms with E-state index in [1.165, 1.54) is 11.8 Å². The number of nitrogens with one attached hydrogen (secondary N) is 3. The number of rotatable bonds is 18. The zero-order valence-corrected chi connectivity index (χ0v) is 21.8. The third kappa shape index (κ3) is 14.4. The average molecular weight is 533 g/mol. The Balaban J connectivity index is 5.59. The molecule has 14 nitrogen and oxygen atoms in total. The molecule has 0 aliphatic rings. The highest BCUT2D eigenvalue weighted by atomic mass is 32.2. The zero-order valence-electron chi connectivity index (χ0n) is 21.0. The Bertz CT molecular complexity index is 790. The SMILES string of the molecule is CSCCC(NC(=O)C(CC(C)C)NC(=O)C(CCCN=C(N)N)NC(=O)C(N)CC(N)=O)C(=O)O. The van der Waals surface area contributed by atoms with Gasteiger partial charge in [-0.2, -0.15) is 11.8 Å². The molecule has 206 valence electrons. The molecular weight excluding hydrogens is 492 g/mol. The van der Waals surface area contributed by atoms with E-state index in [1.807, 2.05) is 20.1 Å². The lowest BCUT2D eigenvalue weighted by molar-refractivity contribution is -0.142. The Hall–Kier alpha value is -3.07. The first kappa shape index (κ1) is 32.9. The summed E-state index contributed by atoms with van der Waals surface area (Å²) in [5, 5.41) is 17.0. The largest absolute Gasteiger partial charge is 0.480 e. The second-order valence-electron chi connectivity index (χ2n) is 8.66. The van der Waals surface area contributed by atoms with Crippen LogP contribution in [0, 0.1) is 5.92 Å². The minimum Gasteiger partial charge on any atom is -0.480 e. The third-order valence-electron chi connectivity index (χ3n) is 4.90. The molecule has 4 unspecified atom stereocenters. The lowest BCUT2D eigenvalue weighted by Crippen LogP contribution is -2.57. The van der Waals surface area contributed by atoms with Crippen LogP contribution in [0.15, 0.2) is 4.99 Å². The fourth-order valence-corrected chi connectivity index (χ4v) is 3.57. The van der Waals surface area contributed by atoms with Crippen LogP contribution in [-0.2, 0) is 24.0 Å². The smallest absolute Gasteiger partial charge is 0.326 e. The van der Waals surface area contributed by atoms with Crippen molar-refractivity contribution < 1.29 is 29.1 Å². The summed E-state index contributed by atoms with van der Waals surface area (Å²) < 4.78 is 0. The number of nitrogens with zero attached hydrogens (tertiary/aromatic N) is 1. The molecule has 0 bridgehead atoms. The van der Waals surface area contributed by atoms with Gasteiger partial charge >= 0.3 is 5.97 Å². The maximum Gasteiger partial charge on any atom is 0.326 e. The standard InChI is InChI=1S/C21H40N8O6S/c1-11(2)9-15(19(33)28-14(20(34)35)6-8-36-3)29-18(32)13(5-4-7-26-21(24)25)27-17(31)12(22)10-16(23)30/h11-15H,4-10,22H2,1-3H3,(H2,23,30)(H,27,31)(H,28,33)(H,29,32)(H,34,35)(H4,24,25,26). The first-order valence-electron chi connectivity index (χ1n) is 11.5. The maximum absolute atomic E-state index is 13.1. The van der Waals surface area contributed by atoms with Crippen molar-refractivity contribution in [3.8, 4) is 0 Å². The second kappa shape index (κ2) is 17.4. The summed E-state index contributed by atoms with van der Waals surface area (Å²) in [7, 11) is 0. The minimum atomic E-state index is -1.27. The van der Waals surface area contributed by atoms with E-state index in [0.29, 0.717) is 12.2 Å². The van der Waals surface area contributed by atoms with E-state index in [-0.39, 0.29) is 37.7 Å². The summed E-state index contributed by atoms with van der Waals surface area (Å²) in [6, 6.07) is -4.55. The lowest BCUT2D eigenvalue weighted by atomic mass is 10.0. The van der Waals surface area contributed by atoms with Crippen LogP contribution in [0.4, 0.5) is 0 Å². The number of carboxylic acids is 1. The molecule has 0 aromatic rings. The van der Waals surface area contributed by atoms with Gasteiger partial charge in [-0.1, -0.05) is 13.8 Å². The van der Waals surface area contributed by atoms with Gasteiger partial charge in [0.2, 0.25) is 23.6 Å². The predicted octanol–water partition coefficient (Wildman–Crippen LogP) is -2.42. The van der Waals surface area contributed by atoms with E-state index < -0.39 is 60.2 Å². The molecule has 0 saturated carbocycles. The molecule has 0 heterocycles. The predicted molar refractivity (Wildman–Crippen MR) is 138 cm³/mol. The normalized spacial score (nSPS) is 14.1. The number of hydrogen-bond acceptors (Lipinski definition) is 8. The van der Waals surface area contributed by atoms with E-state index in [4.69, 9.17) is 22.9 Å². The molecule has 0 saturated heterocycles. The summed E-state index contributed by atoms with van der Waals surface area (Å²) in [6.45, 7) is 3.86. The van der Waals surface area contributed by atoms with E-state index in [2.05, 4.69) is 20.9 Å². The zero-order chi connectivity index (χ0) is 27.8. The van der Waals surface area contributed by atoms with Gasteiger partial charge in [-0.25, -0.2) is 4.79 Å². The highest BCUT2D eigenvalue weighted by molar-refractivity contribution is 7.98. The average Bonchev–Trinajstić information content (AvgIpc) is 2.76. The Kier molecular flexibility index (Phi) is 15.9. The number of aliphatic imine (C=N–C) groups is 1. The number of carbonyl (C=O) groups excluding carboxylic acids is 4. The van der Waals surface area contributed by atoms with Crippen molar-refractivity contribution in [1.82, 2.24) is 16.0 Å². The first-order valence-corrected chi connectivity index (χ1v) is 12.9. The number of carboxylic acid groups (broad SMARTS) is 1. The minimum absolute atomic E-state index is 0.0191. The summed E-state index contributed by atoms with van der Waals surface area (Å²) in [5.41, 5.74) is 21.4. The van der Waals surface area contributed by atoms with E-state index >= 15 is 0 Å². The number of primary amides is 1. The lowest BCUT2D eigenvalue weighted by Gasteiger charge is -2.26. The number of nitrogens with two attached hydrogens (primary N) is 4. The highest BCUT2D eigenvalue weighted by Gasteiger charge is 2.30. The summed E-state index contributed by atoms with van der Waals surface area (Å²) in [5.74, 6) is -3.70. The number of aliphatic carboxylic acids is 1. The first-order chi connectivity index (χ1) is 16.8. The van der Waals surface area contributed by atoms with Crippen molar-refractivity contribution in [2.24, 2.45) is 33.8 Å². The monoisotopic (exact) mass is 532 g/mol. The molecular formula is C21H40N8O6S. The summed E-state index contributed by atoms with van der Waals surface area (Å²) in [4.78, 5) is 64.9. The molecule has 0 aliphatic heterocycles. The van der Waals surface area contributed by atoms with Crippen LogP contribution in [0.5, 0.6) is 0 Å². The van der Waals surface area contributed by atoms with Crippen LogP contribution >= 0.6 is 11.8 Å². The number of amides is 4. The molecule has 15 heteroatoms. The van der Waals surface area contributed by atoms with Crippen LogP contribution in [0.1, 0.15) is 46.0 Å². The summed E-state index contributed by atoms with van der Waals surface area (Å²) in [6.07, 6.45) is 2.24. The quantitative estimate of drug-likeness (QED) is 0.0526. The van der Waals surface area contributed by atoms with Gasteiger partial charge in [0.05, 0.1) is 12.5 Å². The van der Waals surface area contributed by atoms with Crippen LogP contribution in [0.25, 0.3) is 0 Å². The maximum atomic E-state index is 13.1. The van der Waals surface area contributed by atoms with Gasteiger partial charge in [-0.15, -0.1) is 0 Å². The Morgan fingerprint density at radius 1 is 0.889 bits per heavy atom. The van der Waals surface area contributed by atoms with Crippen LogP contribution < -0.4 is 38.9 Å². The molecule has 36 heavy (non-hydrogen) atoms. The van der Waals surface area contributed by atoms with Gasteiger partial charge < -0.3 is 44.0 Å². The molecule has 0 aromatic heterocycles. The van der Waals surface area contributed by atoms with Gasteiger partial charge in [0, 0.05) is 6.54 Å². The molecule has 4 amide bonds. The van der Waals surface area contributed by atoms with Gasteiger partial charge in [-0.05, 0) is 43.6 Å². The van der Waals surface area contributed by atoms with Crippen LogP contribution in [0.3, 0.4) is 0 Å². The molecule has 0 aliphatic carbocycles. The Morgan fingerprint density at radius 3 is 1.94 bits per heavy atom. The number of guanidine groups is 1. The van der Waals surface area contributed by atoms with Crippen molar-refractivity contribution in [3.05, 3.63) is 0 Å². The van der Waals surface area contributed by atoms with Crippen LogP contribution in [0.2, 0.25) is 0 Å². The fourth-order valence-electron chi connectivity index (χ4n) is 3.10. The Morgan fingerprint density at radius 2 is 1.44 bits per heavy atom. The van der Waals surface area contributed by atoms with E-state index in [9.17, 15) is 29.1 Å². The second-order valence-corrected chi connectivity index (χ2v) is 9.64. The van der Waals surface area contributed by atoms with Crippen molar-refractivity contribution in [3.63, 3.8) is 0 Å². The van der Waals surface area contributed by atoms with E-state index in [0.717, 1.165) is 0 Å². The number of thioether (sulfide) groups is 1. The molecule has 0 spiro atoms. The fraction of sp³-hybridized carbons (Fsp3) is 0.714. The van der Waals surface area contributed by atoms with E-state index in [1.54, 1.807) is 0 Å². The molecule has 0 aromatic carbocycles. The molecule has 0 radical (unpaired) electrons. The van der Waals surface area contributed by atoms with Gasteiger partial charge in [-0.3, -0.25) is 24.2 Å². The molecule has 0 fully saturated rings. The molecule has 12 N–H and O–H groups in total. The van der Waals surface area contributed by atoms with Crippen LogP contribution in [-0.4, -0.2) is 83.4 Å². The van der Waals surface area contributed by atoms with Crippen molar-refractivity contribution >= 4 is 47.3 Å². The van der Waals surface area contributed by atoms with Crippen molar-refractivity contribution in [2.45, 2.75) is 70.1 Å². The molecule has 0 rings (SSSR count). The van der Waals surface area contributed by atoms with Crippen molar-refractivity contribution in [1.29, 1.82) is 0 Å².